The molecule has 0 unspecified atom stereocenters. The van der Waals surface area contributed by atoms with Crippen LogP contribution in [0.3, 0.4) is 0 Å². The Labute approximate surface area is 80.1 Å². The van der Waals surface area contributed by atoms with Crippen molar-refractivity contribution in [2.45, 2.75) is 39.8 Å². The molecule has 1 rings (SSSR count). The average Bonchev–Trinajstić information content (AvgIpc) is 2.53. The Morgan fingerprint density at radius 2 is 2.31 bits per heavy atom. The van der Waals surface area contributed by atoms with Gasteiger partial charge < -0.3 is 5.32 Å². The van der Waals surface area contributed by atoms with Gasteiger partial charge in [-0.3, -0.25) is 4.68 Å². The number of nitrogens with one attached hydrogen (secondary N) is 1. The van der Waals surface area contributed by atoms with Gasteiger partial charge in [0, 0.05) is 18.8 Å². The van der Waals surface area contributed by atoms with Crippen molar-refractivity contribution in [3.63, 3.8) is 0 Å². The van der Waals surface area contributed by atoms with E-state index in [2.05, 4.69) is 37.3 Å². The van der Waals surface area contributed by atoms with E-state index >= 15 is 0 Å². The number of hydrogen-bond acceptors (Lipinski definition) is 2. The van der Waals surface area contributed by atoms with E-state index in [-0.39, 0.29) is 0 Å². The fraction of sp³-hybridized carbons (Fsp3) is 0.700. The summed E-state index contributed by atoms with van der Waals surface area (Å²) < 4.78 is 1.99. The summed E-state index contributed by atoms with van der Waals surface area (Å²) >= 11 is 0. The van der Waals surface area contributed by atoms with Gasteiger partial charge in [-0.15, -0.1) is 0 Å². The monoisotopic (exact) mass is 181 g/mol. The molecule has 0 fully saturated rings. The molecule has 1 N–H and O–H groups in total. The van der Waals surface area contributed by atoms with Gasteiger partial charge in [-0.25, -0.2) is 0 Å². The predicted molar refractivity (Wildman–Crippen MR) is 54.6 cm³/mol. The Hall–Kier alpha value is -0.830. The van der Waals surface area contributed by atoms with E-state index in [1.807, 2.05) is 10.9 Å². The molecule has 1 heterocycles. The number of aromatic nitrogens is 2. The Morgan fingerprint density at radius 3 is 2.85 bits per heavy atom. The molecule has 0 saturated heterocycles. The lowest BCUT2D eigenvalue weighted by Crippen LogP contribution is -2.14. The van der Waals surface area contributed by atoms with Gasteiger partial charge >= 0.3 is 0 Å². The van der Waals surface area contributed by atoms with Gasteiger partial charge in [-0.1, -0.05) is 6.92 Å². The van der Waals surface area contributed by atoms with Crippen molar-refractivity contribution >= 4 is 0 Å². The van der Waals surface area contributed by atoms with Crippen LogP contribution in [0.2, 0.25) is 0 Å². The smallest absolute Gasteiger partial charge is 0.0762 e. The van der Waals surface area contributed by atoms with Gasteiger partial charge in [0.15, 0.2) is 0 Å². The summed E-state index contributed by atoms with van der Waals surface area (Å²) in [6.45, 7) is 8.38. The topological polar surface area (TPSA) is 29.9 Å². The molecule has 13 heavy (non-hydrogen) atoms. The molecule has 0 aliphatic rings. The van der Waals surface area contributed by atoms with E-state index in [1.165, 1.54) is 6.42 Å². The zero-order chi connectivity index (χ0) is 9.68. The van der Waals surface area contributed by atoms with E-state index in [1.54, 1.807) is 0 Å². The lowest BCUT2D eigenvalue weighted by atomic mass is 10.4. The third-order valence-electron chi connectivity index (χ3n) is 1.93. The van der Waals surface area contributed by atoms with Crippen LogP contribution in [0.15, 0.2) is 12.3 Å². The highest BCUT2D eigenvalue weighted by atomic mass is 15.3. The molecule has 3 heteroatoms. The first-order valence-electron chi connectivity index (χ1n) is 4.98. The molecular weight excluding hydrogens is 162 g/mol. The number of hydrogen-bond donors (Lipinski definition) is 1. The minimum atomic E-state index is 0.458. The molecule has 0 bridgehead atoms. The van der Waals surface area contributed by atoms with Crippen molar-refractivity contribution in [2.24, 2.45) is 0 Å². The highest BCUT2D eigenvalue weighted by Crippen LogP contribution is 2.03. The first kappa shape index (κ1) is 10.3. The van der Waals surface area contributed by atoms with Gasteiger partial charge in [0.1, 0.15) is 0 Å². The molecule has 1 aromatic heterocycles. The Kier molecular flexibility index (Phi) is 3.96. The summed E-state index contributed by atoms with van der Waals surface area (Å²) in [5, 5.41) is 7.76. The highest BCUT2D eigenvalue weighted by Gasteiger charge is 2.00. The van der Waals surface area contributed by atoms with Crippen molar-refractivity contribution in [1.82, 2.24) is 15.1 Å². The van der Waals surface area contributed by atoms with Crippen molar-refractivity contribution in [2.75, 3.05) is 6.54 Å². The fourth-order valence-corrected chi connectivity index (χ4v) is 1.15. The lowest BCUT2D eigenvalue weighted by molar-refractivity contribution is 0.521. The average molecular weight is 181 g/mol. The predicted octanol–water partition coefficient (Wildman–Crippen LogP) is 1.96. The Balaban J connectivity index is 2.40. The van der Waals surface area contributed by atoms with Crippen LogP contribution < -0.4 is 5.32 Å². The second-order valence-electron chi connectivity index (χ2n) is 3.56. The van der Waals surface area contributed by atoms with Gasteiger partial charge in [0.2, 0.25) is 0 Å². The zero-order valence-electron chi connectivity index (χ0n) is 8.75. The minimum absolute atomic E-state index is 0.458. The molecular formula is C10H19N3. The third kappa shape index (κ3) is 3.19. The molecule has 0 aliphatic heterocycles. The van der Waals surface area contributed by atoms with Crippen molar-refractivity contribution in [3.8, 4) is 0 Å². The van der Waals surface area contributed by atoms with Crippen LogP contribution in [0.25, 0.3) is 0 Å². The Morgan fingerprint density at radius 1 is 1.54 bits per heavy atom. The minimum Gasteiger partial charge on any atom is -0.311 e. The maximum Gasteiger partial charge on any atom is 0.0762 e. The van der Waals surface area contributed by atoms with Crippen LogP contribution in [-0.2, 0) is 6.54 Å². The van der Waals surface area contributed by atoms with E-state index in [4.69, 9.17) is 0 Å². The highest BCUT2D eigenvalue weighted by molar-refractivity contribution is 4.98. The van der Waals surface area contributed by atoms with Crippen LogP contribution in [0.4, 0.5) is 0 Å². The molecule has 0 amide bonds. The SMILES string of the molecule is CCCNCc1ccn(C(C)C)n1. The van der Waals surface area contributed by atoms with Crippen molar-refractivity contribution in [3.05, 3.63) is 18.0 Å². The Bertz CT molecular complexity index is 240. The zero-order valence-corrected chi connectivity index (χ0v) is 8.75. The summed E-state index contributed by atoms with van der Waals surface area (Å²) in [6, 6.07) is 2.53. The van der Waals surface area contributed by atoms with E-state index in [0.29, 0.717) is 6.04 Å². The molecule has 0 radical (unpaired) electrons. The van der Waals surface area contributed by atoms with Crippen LogP contribution in [0.5, 0.6) is 0 Å². The summed E-state index contributed by atoms with van der Waals surface area (Å²) in [6.07, 6.45) is 3.21. The largest absolute Gasteiger partial charge is 0.311 e. The quantitative estimate of drug-likeness (QED) is 0.704. The molecule has 0 spiro atoms. The van der Waals surface area contributed by atoms with Gasteiger partial charge in [0.25, 0.3) is 0 Å². The summed E-state index contributed by atoms with van der Waals surface area (Å²) in [5.41, 5.74) is 1.13. The normalized spacial score (nSPS) is 11.1. The van der Waals surface area contributed by atoms with Crippen LogP contribution in [0, 0.1) is 0 Å². The van der Waals surface area contributed by atoms with E-state index in [0.717, 1.165) is 18.8 Å². The lowest BCUT2D eigenvalue weighted by Gasteiger charge is -2.04. The van der Waals surface area contributed by atoms with E-state index < -0.39 is 0 Å². The molecule has 1 aromatic rings. The maximum absolute atomic E-state index is 4.44. The second kappa shape index (κ2) is 5.02. The molecule has 74 valence electrons. The summed E-state index contributed by atoms with van der Waals surface area (Å²) in [4.78, 5) is 0. The summed E-state index contributed by atoms with van der Waals surface area (Å²) in [7, 11) is 0. The van der Waals surface area contributed by atoms with Crippen LogP contribution in [-0.4, -0.2) is 16.3 Å². The van der Waals surface area contributed by atoms with Crippen molar-refractivity contribution < 1.29 is 0 Å². The van der Waals surface area contributed by atoms with Crippen molar-refractivity contribution in [1.29, 1.82) is 0 Å². The fourth-order valence-electron chi connectivity index (χ4n) is 1.15. The molecule has 0 atom stereocenters. The van der Waals surface area contributed by atoms with E-state index in [9.17, 15) is 0 Å². The molecule has 0 saturated carbocycles. The molecule has 0 aliphatic carbocycles. The molecule has 0 aromatic carbocycles. The van der Waals surface area contributed by atoms with Gasteiger partial charge in [0.05, 0.1) is 5.69 Å². The van der Waals surface area contributed by atoms with Crippen LogP contribution >= 0.6 is 0 Å². The number of nitrogens with zero attached hydrogens (tertiary/aromatic N) is 2. The standard InChI is InChI=1S/C10H19N3/c1-4-6-11-8-10-5-7-13(12-10)9(2)3/h5,7,9,11H,4,6,8H2,1-3H3. The first-order valence-corrected chi connectivity index (χ1v) is 4.98. The maximum atomic E-state index is 4.44. The van der Waals surface area contributed by atoms with Crippen LogP contribution in [0.1, 0.15) is 38.9 Å². The second-order valence-corrected chi connectivity index (χ2v) is 3.56. The third-order valence-corrected chi connectivity index (χ3v) is 1.93. The first-order chi connectivity index (χ1) is 6.24. The summed E-state index contributed by atoms with van der Waals surface area (Å²) in [5.74, 6) is 0. The number of rotatable bonds is 5. The molecule has 3 nitrogen and oxygen atoms in total. The van der Waals surface area contributed by atoms with Gasteiger partial charge in [-0.05, 0) is 32.9 Å². The van der Waals surface area contributed by atoms with Gasteiger partial charge in [-0.2, -0.15) is 5.10 Å².